The average Bonchev–Trinajstić information content (AvgIpc) is 2.62. The van der Waals surface area contributed by atoms with E-state index in [1.165, 1.54) is 22.3 Å². The van der Waals surface area contributed by atoms with Crippen LogP contribution in [0.25, 0.3) is 6.08 Å². The number of fused-ring (bicyclic) bond motifs is 1. The van der Waals surface area contributed by atoms with E-state index < -0.39 is 0 Å². The van der Waals surface area contributed by atoms with E-state index in [1.807, 2.05) is 6.08 Å². The molecular formula is C17H22O2. The van der Waals surface area contributed by atoms with Gasteiger partial charge in [0.15, 0.2) is 5.78 Å². The van der Waals surface area contributed by atoms with Gasteiger partial charge in [-0.05, 0) is 69.9 Å². The largest absolute Gasteiger partial charge is 0.487 e. The number of rotatable bonds is 2. The first kappa shape index (κ1) is 13.9. The van der Waals surface area contributed by atoms with Crippen LogP contribution in [0.2, 0.25) is 0 Å². The Morgan fingerprint density at radius 1 is 1.16 bits per heavy atom. The van der Waals surface area contributed by atoms with Crippen LogP contribution in [0.4, 0.5) is 0 Å². The molecule has 0 atom stereocenters. The molecule has 0 amide bonds. The second-order valence-electron chi connectivity index (χ2n) is 6.08. The summed E-state index contributed by atoms with van der Waals surface area (Å²) in [5.41, 5.74) is 5.94. The number of hydrogen-bond acceptors (Lipinski definition) is 2. The van der Waals surface area contributed by atoms with Gasteiger partial charge in [0.25, 0.3) is 0 Å². The van der Waals surface area contributed by atoms with E-state index >= 15 is 0 Å². The molecule has 0 radical (unpaired) electrons. The Kier molecular flexibility index (Phi) is 3.29. The summed E-state index contributed by atoms with van der Waals surface area (Å²) in [7, 11) is 0. The second-order valence-corrected chi connectivity index (χ2v) is 6.08. The third-order valence-corrected chi connectivity index (χ3v) is 3.90. The summed E-state index contributed by atoms with van der Waals surface area (Å²) in [6.07, 6.45) is 4.50. The minimum atomic E-state index is -0.132. The molecule has 0 fully saturated rings. The Labute approximate surface area is 115 Å². The molecule has 1 aromatic carbocycles. The quantitative estimate of drug-likeness (QED) is 0.751. The van der Waals surface area contributed by atoms with Crippen LogP contribution in [0.15, 0.2) is 6.08 Å². The number of benzene rings is 1. The van der Waals surface area contributed by atoms with Crippen molar-refractivity contribution >= 4 is 11.9 Å². The Morgan fingerprint density at radius 2 is 1.79 bits per heavy atom. The van der Waals surface area contributed by atoms with Crippen LogP contribution in [-0.4, -0.2) is 11.4 Å². The van der Waals surface area contributed by atoms with E-state index in [-0.39, 0.29) is 11.4 Å². The molecule has 0 spiro atoms. The minimum absolute atomic E-state index is 0.0773. The fourth-order valence-corrected chi connectivity index (χ4v) is 2.75. The van der Waals surface area contributed by atoms with Gasteiger partial charge in [-0.15, -0.1) is 0 Å². The highest BCUT2D eigenvalue weighted by Gasteiger charge is 2.33. The zero-order valence-corrected chi connectivity index (χ0v) is 12.7. The van der Waals surface area contributed by atoms with Gasteiger partial charge in [0.05, 0.1) is 0 Å². The fourth-order valence-electron chi connectivity index (χ4n) is 2.75. The highest BCUT2D eigenvalue weighted by molar-refractivity contribution is 5.92. The van der Waals surface area contributed by atoms with E-state index in [0.717, 1.165) is 17.7 Å². The molecule has 2 heteroatoms. The molecule has 0 aromatic heterocycles. The average molecular weight is 258 g/mol. The molecule has 19 heavy (non-hydrogen) atoms. The number of carbonyl (C=O) groups excluding carboxylic acids is 1. The lowest BCUT2D eigenvalue weighted by molar-refractivity contribution is -0.112. The number of ether oxygens (including phenoxy) is 1. The monoisotopic (exact) mass is 258 g/mol. The van der Waals surface area contributed by atoms with Crippen molar-refractivity contribution in [2.75, 3.05) is 0 Å². The van der Waals surface area contributed by atoms with Gasteiger partial charge < -0.3 is 4.74 Å². The fraction of sp³-hybridized carbons (Fsp3) is 0.471. The van der Waals surface area contributed by atoms with Crippen molar-refractivity contribution in [3.8, 4) is 5.75 Å². The maximum absolute atomic E-state index is 11.1. The molecule has 0 aliphatic carbocycles. The zero-order valence-electron chi connectivity index (χ0n) is 12.7. The second kappa shape index (κ2) is 4.52. The minimum Gasteiger partial charge on any atom is -0.487 e. The van der Waals surface area contributed by atoms with Gasteiger partial charge in [0.2, 0.25) is 0 Å². The van der Waals surface area contributed by atoms with Crippen LogP contribution >= 0.6 is 0 Å². The molecule has 0 saturated carbocycles. The van der Waals surface area contributed by atoms with E-state index in [9.17, 15) is 4.79 Å². The molecule has 1 aliphatic heterocycles. The predicted octanol–water partition coefficient (Wildman–Crippen LogP) is 3.93. The maximum atomic E-state index is 11.1. The van der Waals surface area contributed by atoms with E-state index in [1.54, 1.807) is 13.0 Å². The summed E-state index contributed by atoms with van der Waals surface area (Å²) in [5, 5.41) is 0. The van der Waals surface area contributed by atoms with Crippen molar-refractivity contribution in [3.05, 3.63) is 33.9 Å². The number of ketones is 1. The third-order valence-electron chi connectivity index (χ3n) is 3.90. The van der Waals surface area contributed by atoms with Gasteiger partial charge in [-0.25, -0.2) is 0 Å². The smallest absolute Gasteiger partial charge is 0.152 e. The Hall–Kier alpha value is -1.57. The van der Waals surface area contributed by atoms with Gasteiger partial charge in [0.1, 0.15) is 11.4 Å². The van der Waals surface area contributed by atoms with Crippen LogP contribution < -0.4 is 4.74 Å². The normalized spacial score (nSPS) is 16.5. The molecule has 1 aromatic rings. The lowest BCUT2D eigenvalue weighted by Gasteiger charge is -2.18. The zero-order chi connectivity index (χ0) is 14.4. The van der Waals surface area contributed by atoms with Crippen LogP contribution in [0.3, 0.4) is 0 Å². The van der Waals surface area contributed by atoms with Gasteiger partial charge in [0, 0.05) is 12.0 Å². The number of allylic oxidation sites excluding steroid dienone is 1. The summed E-state index contributed by atoms with van der Waals surface area (Å²) in [6, 6.07) is 0. The Morgan fingerprint density at radius 3 is 2.37 bits per heavy atom. The van der Waals surface area contributed by atoms with E-state index in [0.29, 0.717) is 0 Å². The highest BCUT2D eigenvalue weighted by atomic mass is 16.5. The molecule has 0 unspecified atom stereocenters. The van der Waals surface area contributed by atoms with Crippen LogP contribution in [0, 0.1) is 20.8 Å². The first-order valence-corrected chi connectivity index (χ1v) is 6.73. The van der Waals surface area contributed by atoms with Crippen molar-refractivity contribution in [1.82, 2.24) is 0 Å². The molecule has 1 heterocycles. The Bertz CT molecular complexity index is 578. The summed E-state index contributed by atoms with van der Waals surface area (Å²) >= 11 is 0. The van der Waals surface area contributed by atoms with Gasteiger partial charge in [-0.2, -0.15) is 0 Å². The number of hydrogen-bond donors (Lipinski definition) is 0. The van der Waals surface area contributed by atoms with Crippen molar-refractivity contribution in [3.63, 3.8) is 0 Å². The van der Waals surface area contributed by atoms with Crippen molar-refractivity contribution in [1.29, 1.82) is 0 Å². The van der Waals surface area contributed by atoms with Gasteiger partial charge in [-0.1, -0.05) is 6.08 Å². The van der Waals surface area contributed by atoms with Crippen LogP contribution in [0.5, 0.6) is 5.75 Å². The van der Waals surface area contributed by atoms with E-state index in [2.05, 4.69) is 34.6 Å². The van der Waals surface area contributed by atoms with Gasteiger partial charge in [-0.3, -0.25) is 4.79 Å². The third kappa shape index (κ3) is 2.44. The predicted molar refractivity (Wildman–Crippen MR) is 78.8 cm³/mol. The van der Waals surface area contributed by atoms with Crippen LogP contribution in [0.1, 0.15) is 48.6 Å². The molecule has 0 N–H and O–H groups in total. The summed E-state index contributed by atoms with van der Waals surface area (Å²) in [6.45, 7) is 12.1. The van der Waals surface area contributed by atoms with Crippen molar-refractivity contribution in [2.24, 2.45) is 0 Å². The standard InChI is InChI=1S/C17H22O2/c1-10(18)7-8-14-11(2)12(3)16-15(13(14)4)9-17(5,6)19-16/h7-8H,9H2,1-6H3. The van der Waals surface area contributed by atoms with Gasteiger partial charge >= 0.3 is 0 Å². The highest BCUT2D eigenvalue weighted by Crippen LogP contribution is 2.42. The lowest BCUT2D eigenvalue weighted by atomic mass is 9.89. The molecule has 102 valence electrons. The molecular weight excluding hydrogens is 236 g/mol. The number of carbonyl (C=O) groups is 1. The first-order valence-electron chi connectivity index (χ1n) is 6.73. The Balaban J connectivity index is 2.61. The summed E-state index contributed by atoms with van der Waals surface area (Å²) < 4.78 is 6.08. The summed E-state index contributed by atoms with van der Waals surface area (Å²) in [5.74, 6) is 1.12. The SMILES string of the molecule is CC(=O)C=Cc1c(C)c(C)c2c(c1C)CC(C)(C)O2. The van der Waals surface area contributed by atoms with Crippen LogP contribution in [-0.2, 0) is 11.2 Å². The maximum Gasteiger partial charge on any atom is 0.152 e. The lowest BCUT2D eigenvalue weighted by Crippen LogP contribution is -2.24. The van der Waals surface area contributed by atoms with E-state index in [4.69, 9.17) is 4.74 Å². The van der Waals surface area contributed by atoms with Crippen molar-refractivity contribution in [2.45, 2.75) is 53.6 Å². The molecule has 1 aliphatic rings. The molecule has 0 bridgehead atoms. The molecule has 2 rings (SSSR count). The first-order chi connectivity index (χ1) is 8.73. The molecule has 0 saturated heterocycles. The molecule has 2 nitrogen and oxygen atoms in total. The van der Waals surface area contributed by atoms with Crippen molar-refractivity contribution < 1.29 is 9.53 Å². The topological polar surface area (TPSA) is 26.3 Å². The summed E-state index contributed by atoms with van der Waals surface area (Å²) in [4.78, 5) is 11.1.